The highest BCUT2D eigenvalue weighted by Crippen LogP contribution is 2.23. The number of anilines is 1. The van der Waals surface area contributed by atoms with Crippen LogP contribution in [0.2, 0.25) is 0 Å². The molecule has 1 aromatic rings. The van der Waals surface area contributed by atoms with Crippen LogP contribution in [0.4, 0.5) is 5.82 Å². The van der Waals surface area contributed by atoms with Crippen molar-refractivity contribution in [3.63, 3.8) is 0 Å². The monoisotopic (exact) mass is 319 g/mol. The van der Waals surface area contributed by atoms with Crippen molar-refractivity contribution < 1.29 is 4.74 Å². The average Bonchev–Trinajstić information content (AvgIpc) is 2.82. The van der Waals surface area contributed by atoms with Gasteiger partial charge in [-0.3, -0.25) is 4.90 Å². The zero-order chi connectivity index (χ0) is 16.1. The molecule has 2 aliphatic rings. The Morgan fingerprint density at radius 3 is 2.74 bits per heavy atom. The summed E-state index contributed by atoms with van der Waals surface area (Å²) in [6.07, 6.45) is 5.45. The lowest BCUT2D eigenvalue weighted by Gasteiger charge is -2.39. The molecule has 0 N–H and O–H groups in total. The van der Waals surface area contributed by atoms with Gasteiger partial charge in [-0.05, 0) is 26.8 Å². The molecule has 3 rings (SSSR count). The lowest BCUT2D eigenvalue weighted by molar-refractivity contribution is 0.110. The molecule has 6 heteroatoms. The maximum Gasteiger partial charge on any atom is 0.218 e. The number of hydrogen-bond donors (Lipinski definition) is 0. The van der Waals surface area contributed by atoms with E-state index in [0.29, 0.717) is 18.5 Å². The number of hydrogen-bond acceptors (Lipinski definition) is 6. The maximum absolute atomic E-state index is 5.53. The fraction of sp³-hybridized carbons (Fsp3) is 0.765. The van der Waals surface area contributed by atoms with Crippen LogP contribution in [-0.4, -0.2) is 78.7 Å². The standard InChI is InChI=1S/C17H29N5O/c1-3-23-17-12-16(18-14-19-17)22-7-5-4-6-15(13-22)21-10-8-20(2)9-11-21/h12,14-15H,3-11,13H2,1-2H3/t15-/m1/s1. The summed E-state index contributed by atoms with van der Waals surface area (Å²) < 4.78 is 5.53. The number of likely N-dealkylation sites (N-methyl/N-ethyl adjacent to an activating group) is 1. The highest BCUT2D eigenvalue weighted by Gasteiger charge is 2.26. The second-order valence-electron chi connectivity index (χ2n) is 6.58. The Kier molecular flexibility index (Phi) is 5.67. The number of rotatable bonds is 4. The van der Waals surface area contributed by atoms with Crippen LogP contribution in [0.25, 0.3) is 0 Å². The summed E-state index contributed by atoms with van der Waals surface area (Å²) in [7, 11) is 2.22. The molecule has 0 radical (unpaired) electrons. The van der Waals surface area contributed by atoms with Gasteiger partial charge in [0.2, 0.25) is 5.88 Å². The molecule has 0 aliphatic carbocycles. The third-order valence-corrected chi connectivity index (χ3v) is 4.94. The molecule has 1 aromatic heterocycles. The predicted molar refractivity (Wildman–Crippen MR) is 92.1 cm³/mol. The van der Waals surface area contributed by atoms with Gasteiger partial charge in [0.1, 0.15) is 12.1 Å². The SMILES string of the molecule is CCOc1cc(N2CCCC[C@@H](N3CCN(C)CC3)C2)ncn1. The van der Waals surface area contributed by atoms with E-state index in [9.17, 15) is 0 Å². The van der Waals surface area contributed by atoms with Crippen LogP contribution in [-0.2, 0) is 0 Å². The smallest absolute Gasteiger partial charge is 0.218 e. The minimum atomic E-state index is 0.636. The van der Waals surface area contributed by atoms with Crippen LogP contribution in [0.1, 0.15) is 26.2 Å². The average molecular weight is 319 g/mol. The van der Waals surface area contributed by atoms with Crippen LogP contribution < -0.4 is 9.64 Å². The Bertz CT molecular complexity index is 490. The Hall–Kier alpha value is -1.40. The highest BCUT2D eigenvalue weighted by molar-refractivity contribution is 5.41. The van der Waals surface area contributed by atoms with Crippen molar-refractivity contribution in [1.29, 1.82) is 0 Å². The normalized spacial score (nSPS) is 24.4. The topological polar surface area (TPSA) is 44.7 Å². The molecule has 23 heavy (non-hydrogen) atoms. The van der Waals surface area contributed by atoms with E-state index in [1.54, 1.807) is 6.33 Å². The molecular weight excluding hydrogens is 290 g/mol. The maximum atomic E-state index is 5.53. The molecule has 2 aliphatic heterocycles. The van der Waals surface area contributed by atoms with Crippen molar-refractivity contribution in [2.45, 2.75) is 32.2 Å². The lowest BCUT2D eigenvalue weighted by Crippen LogP contribution is -2.52. The number of aromatic nitrogens is 2. The first-order valence-corrected chi connectivity index (χ1v) is 8.88. The van der Waals surface area contributed by atoms with Gasteiger partial charge in [-0.2, -0.15) is 0 Å². The molecule has 0 bridgehead atoms. The van der Waals surface area contributed by atoms with E-state index in [4.69, 9.17) is 4.74 Å². The fourth-order valence-electron chi connectivity index (χ4n) is 3.54. The van der Waals surface area contributed by atoms with Gasteiger partial charge < -0.3 is 14.5 Å². The van der Waals surface area contributed by atoms with Gasteiger partial charge >= 0.3 is 0 Å². The van der Waals surface area contributed by atoms with E-state index in [1.165, 1.54) is 45.4 Å². The molecule has 0 aromatic carbocycles. The third kappa shape index (κ3) is 4.32. The molecule has 1 atom stereocenters. The van der Waals surface area contributed by atoms with Crippen LogP contribution >= 0.6 is 0 Å². The van der Waals surface area contributed by atoms with Crippen LogP contribution in [0.5, 0.6) is 5.88 Å². The summed E-state index contributed by atoms with van der Waals surface area (Å²) in [5, 5.41) is 0. The number of ether oxygens (including phenoxy) is 1. The summed E-state index contributed by atoms with van der Waals surface area (Å²) in [4.78, 5) is 16.2. The number of piperazine rings is 1. The van der Waals surface area contributed by atoms with E-state index in [2.05, 4.69) is 31.7 Å². The first-order valence-electron chi connectivity index (χ1n) is 8.88. The zero-order valence-corrected chi connectivity index (χ0v) is 14.4. The molecule has 0 saturated carbocycles. The molecule has 6 nitrogen and oxygen atoms in total. The molecule has 2 saturated heterocycles. The van der Waals surface area contributed by atoms with Crippen molar-refractivity contribution >= 4 is 5.82 Å². The zero-order valence-electron chi connectivity index (χ0n) is 14.4. The van der Waals surface area contributed by atoms with E-state index >= 15 is 0 Å². The molecule has 2 fully saturated rings. The summed E-state index contributed by atoms with van der Waals surface area (Å²) in [5.41, 5.74) is 0. The summed E-state index contributed by atoms with van der Waals surface area (Å²) >= 11 is 0. The first-order chi connectivity index (χ1) is 11.3. The van der Waals surface area contributed by atoms with Gasteiger partial charge in [0.05, 0.1) is 6.61 Å². The minimum absolute atomic E-state index is 0.636. The summed E-state index contributed by atoms with van der Waals surface area (Å²) in [5.74, 6) is 1.68. The van der Waals surface area contributed by atoms with Gasteiger partial charge in [-0.15, -0.1) is 0 Å². The molecule has 128 valence electrons. The Balaban J connectivity index is 1.68. The van der Waals surface area contributed by atoms with E-state index in [0.717, 1.165) is 18.9 Å². The van der Waals surface area contributed by atoms with Gasteiger partial charge in [-0.25, -0.2) is 9.97 Å². The van der Waals surface area contributed by atoms with E-state index in [1.807, 2.05) is 13.0 Å². The van der Waals surface area contributed by atoms with Crippen LogP contribution in [0.3, 0.4) is 0 Å². The van der Waals surface area contributed by atoms with E-state index in [-0.39, 0.29) is 0 Å². The molecule has 0 amide bonds. The molecular formula is C17H29N5O. The Labute approximate surface area is 139 Å². The van der Waals surface area contributed by atoms with Gasteiger partial charge in [0.15, 0.2) is 0 Å². The van der Waals surface area contributed by atoms with Gasteiger partial charge in [-0.1, -0.05) is 6.42 Å². The third-order valence-electron chi connectivity index (χ3n) is 4.94. The molecule has 0 spiro atoms. The minimum Gasteiger partial charge on any atom is -0.478 e. The van der Waals surface area contributed by atoms with Crippen LogP contribution in [0.15, 0.2) is 12.4 Å². The highest BCUT2D eigenvalue weighted by atomic mass is 16.5. The fourth-order valence-corrected chi connectivity index (χ4v) is 3.54. The van der Waals surface area contributed by atoms with E-state index < -0.39 is 0 Å². The molecule has 0 unspecified atom stereocenters. The largest absolute Gasteiger partial charge is 0.478 e. The second kappa shape index (κ2) is 7.93. The first kappa shape index (κ1) is 16.5. The van der Waals surface area contributed by atoms with Crippen molar-refractivity contribution in [3.05, 3.63) is 12.4 Å². The quantitative estimate of drug-likeness (QED) is 0.838. The van der Waals surface area contributed by atoms with Crippen molar-refractivity contribution in [2.75, 3.05) is 57.8 Å². The van der Waals surface area contributed by atoms with Gasteiger partial charge in [0.25, 0.3) is 0 Å². The Morgan fingerprint density at radius 2 is 1.96 bits per heavy atom. The van der Waals surface area contributed by atoms with Crippen molar-refractivity contribution in [1.82, 2.24) is 19.8 Å². The predicted octanol–water partition coefficient (Wildman–Crippen LogP) is 1.48. The summed E-state index contributed by atoms with van der Waals surface area (Å²) in [6, 6.07) is 2.62. The summed E-state index contributed by atoms with van der Waals surface area (Å²) in [6.45, 7) is 9.49. The second-order valence-corrected chi connectivity index (χ2v) is 6.58. The molecule has 3 heterocycles. The van der Waals surface area contributed by atoms with Gasteiger partial charge in [0, 0.05) is 51.4 Å². The van der Waals surface area contributed by atoms with Crippen LogP contribution in [0, 0.1) is 0 Å². The van der Waals surface area contributed by atoms with Crippen molar-refractivity contribution in [3.8, 4) is 5.88 Å². The Morgan fingerprint density at radius 1 is 1.13 bits per heavy atom. The lowest BCUT2D eigenvalue weighted by atomic mass is 10.1. The van der Waals surface area contributed by atoms with Crippen molar-refractivity contribution in [2.24, 2.45) is 0 Å². The number of nitrogens with zero attached hydrogens (tertiary/aromatic N) is 5.